The summed E-state index contributed by atoms with van der Waals surface area (Å²) in [6.45, 7) is 0.854. The fraction of sp³-hybridized carbons (Fsp3) is 0.448. The van der Waals surface area contributed by atoms with Gasteiger partial charge in [0.25, 0.3) is 5.91 Å². The highest BCUT2D eigenvalue weighted by atomic mass is 35.5. The number of carboxylic acids is 1. The van der Waals surface area contributed by atoms with Crippen molar-refractivity contribution >= 4 is 40.8 Å². The lowest BCUT2D eigenvalue weighted by molar-refractivity contribution is -0.138. The lowest BCUT2D eigenvalue weighted by Gasteiger charge is -2.44. The number of rotatable bonds is 9. The van der Waals surface area contributed by atoms with Crippen molar-refractivity contribution in [3.8, 4) is 0 Å². The molecule has 8 nitrogen and oxygen atoms in total. The van der Waals surface area contributed by atoms with Gasteiger partial charge in [0.2, 0.25) is 0 Å². The fourth-order valence-electron chi connectivity index (χ4n) is 6.35. The molecule has 1 aliphatic heterocycles. The minimum Gasteiger partial charge on any atom is -0.481 e. The summed E-state index contributed by atoms with van der Waals surface area (Å²) in [5, 5.41) is 21.9. The molecule has 0 saturated heterocycles. The number of aromatic nitrogens is 3. The zero-order chi connectivity index (χ0) is 27.3. The Hall–Kier alpha value is -2.94. The third-order valence-corrected chi connectivity index (χ3v) is 9.36. The van der Waals surface area contributed by atoms with Crippen molar-refractivity contribution in [2.24, 2.45) is 13.0 Å². The maximum Gasteiger partial charge on any atom is 0.304 e. The fourth-order valence-corrected chi connectivity index (χ4v) is 7.18. The second-order valence-corrected chi connectivity index (χ2v) is 12.2. The molecule has 1 atom stereocenters. The number of nitrogens with one attached hydrogen (secondary N) is 1. The van der Waals surface area contributed by atoms with Crippen LogP contribution in [0.25, 0.3) is 0 Å². The molecule has 6 rings (SSSR count). The van der Waals surface area contributed by atoms with Crippen molar-refractivity contribution in [2.45, 2.75) is 68.4 Å². The smallest absolute Gasteiger partial charge is 0.304 e. The summed E-state index contributed by atoms with van der Waals surface area (Å²) < 4.78 is 1.94. The van der Waals surface area contributed by atoms with Gasteiger partial charge in [-0.25, -0.2) is 0 Å². The van der Waals surface area contributed by atoms with Gasteiger partial charge in [-0.05, 0) is 67.0 Å². The van der Waals surface area contributed by atoms with E-state index in [4.69, 9.17) is 23.2 Å². The minimum absolute atomic E-state index is 0.0632. The number of benzene rings is 2. The average Bonchev–Trinajstić information content (AvgIpc) is 3.42. The van der Waals surface area contributed by atoms with Crippen molar-refractivity contribution in [2.75, 3.05) is 4.90 Å². The Kier molecular flexibility index (Phi) is 6.90. The molecule has 3 aromatic rings. The molecule has 0 unspecified atom stereocenters. The molecule has 2 aromatic carbocycles. The first-order valence-electron chi connectivity index (χ1n) is 13.4. The van der Waals surface area contributed by atoms with E-state index in [9.17, 15) is 14.7 Å². The van der Waals surface area contributed by atoms with Crippen LogP contribution in [0.5, 0.6) is 0 Å². The summed E-state index contributed by atoms with van der Waals surface area (Å²) in [7, 11) is 1.94. The van der Waals surface area contributed by atoms with Gasteiger partial charge in [0.15, 0.2) is 0 Å². The summed E-state index contributed by atoms with van der Waals surface area (Å²) in [6.07, 6.45) is 6.54. The van der Waals surface area contributed by atoms with Crippen molar-refractivity contribution in [3.63, 3.8) is 0 Å². The summed E-state index contributed by atoms with van der Waals surface area (Å²) >= 11 is 13.2. The minimum atomic E-state index is -0.802. The number of fused-ring (bicyclic) bond motifs is 1. The van der Waals surface area contributed by atoms with E-state index in [2.05, 4.69) is 27.6 Å². The molecule has 1 amide bonds. The lowest BCUT2D eigenvalue weighted by atomic mass is 9.63. The third-order valence-electron chi connectivity index (χ3n) is 8.72. The van der Waals surface area contributed by atoms with E-state index in [1.807, 2.05) is 35.9 Å². The molecule has 2 heterocycles. The first-order valence-corrected chi connectivity index (χ1v) is 14.2. The topological polar surface area (TPSA) is 100 Å². The van der Waals surface area contributed by atoms with E-state index in [0.717, 1.165) is 60.3 Å². The summed E-state index contributed by atoms with van der Waals surface area (Å²) in [4.78, 5) is 26.8. The van der Waals surface area contributed by atoms with E-state index in [1.165, 1.54) is 0 Å². The van der Waals surface area contributed by atoms with Crippen LogP contribution in [-0.2, 0) is 30.3 Å². The van der Waals surface area contributed by atoms with Gasteiger partial charge in [-0.15, -0.1) is 21.8 Å². The number of halogens is 2. The molecule has 3 aliphatic rings. The number of carbonyl (C=O) groups is 2. The number of carboxylic acid groups (broad SMARTS) is 1. The Morgan fingerprint density at radius 2 is 2.05 bits per heavy atom. The van der Waals surface area contributed by atoms with E-state index in [1.54, 1.807) is 11.2 Å². The van der Waals surface area contributed by atoms with Crippen LogP contribution < -0.4 is 10.2 Å². The molecular weight excluding hydrogens is 537 g/mol. The van der Waals surface area contributed by atoms with Gasteiger partial charge >= 0.3 is 5.97 Å². The number of hydrogen-bond acceptors (Lipinski definition) is 5. The molecule has 2 N–H and O–H groups in total. The highest BCUT2D eigenvalue weighted by Gasteiger charge is 2.49. The number of hydrogen-bond donors (Lipinski definition) is 2. The van der Waals surface area contributed by atoms with E-state index in [-0.39, 0.29) is 29.2 Å². The van der Waals surface area contributed by atoms with Crippen LogP contribution in [0.4, 0.5) is 5.69 Å². The molecule has 0 spiro atoms. The number of carbonyl (C=O) groups excluding carboxylic acids is 1. The number of aryl methyl sites for hydroxylation is 1. The van der Waals surface area contributed by atoms with Crippen LogP contribution in [0.3, 0.4) is 0 Å². The SMILES string of the molecule is Cn1cnnc1C1(c2cccc(N3Cc4c(Cl)cc(CN[C@H](CC(=O)O)C5CCC5)cc4C3=O)c2)CC(Cl)C1. The van der Waals surface area contributed by atoms with E-state index in [0.29, 0.717) is 29.6 Å². The molecule has 204 valence electrons. The molecule has 39 heavy (non-hydrogen) atoms. The number of aliphatic carboxylic acids is 1. The van der Waals surface area contributed by atoms with Gasteiger partial charge in [-0.3, -0.25) is 9.59 Å². The number of nitrogens with zero attached hydrogens (tertiary/aromatic N) is 4. The molecule has 0 bridgehead atoms. The average molecular weight is 569 g/mol. The molecule has 10 heteroatoms. The Bertz CT molecular complexity index is 1430. The molecule has 2 saturated carbocycles. The summed E-state index contributed by atoms with van der Waals surface area (Å²) in [5.74, 6) is 0.355. The van der Waals surface area contributed by atoms with Crippen LogP contribution in [0.15, 0.2) is 42.7 Å². The molecule has 0 radical (unpaired) electrons. The van der Waals surface area contributed by atoms with Crippen molar-refractivity contribution in [1.29, 1.82) is 0 Å². The Labute approximate surface area is 237 Å². The predicted molar refractivity (Wildman–Crippen MR) is 149 cm³/mol. The van der Waals surface area contributed by atoms with Crippen molar-refractivity contribution in [3.05, 3.63) is 75.8 Å². The molecular formula is C29H31Cl2N5O3. The van der Waals surface area contributed by atoms with Gasteiger partial charge in [0.05, 0.1) is 18.4 Å². The van der Waals surface area contributed by atoms with Crippen LogP contribution in [0.2, 0.25) is 5.02 Å². The number of amides is 1. The van der Waals surface area contributed by atoms with Gasteiger partial charge in [0.1, 0.15) is 12.2 Å². The van der Waals surface area contributed by atoms with Gasteiger partial charge in [-0.2, -0.15) is 0 Å². The molecule has 2 aliphatic carbocycles. The van der Waals surface area contributed by atoms with Crippen LogP contribution >= 0.6 is 23.2 Å². The Morgan fingerprint density at radius 1 is 1.26 bits per heavy atom. The number of anilines is 1. The zero-order valence-corrected chi connectivity index (χ0v) is 23.3. The maximum atomic E-state index is 13.6. The van der Waals surface area contributed by atoms with Gasteiger partial charge < -0.3 is 19.9 Å². The Balaban J connectivity index is 1.24. The normalized spacial score (nSPS) is 23.3. The van der Waals surface area contributed by atoms with Crippen molar-refractivity contribution < 1.29 is 14.7 Å². The van der Waals surface area contributed by atoms with E-state index < -0.39 is 5.97 Å². The number of alkyl halides is 1. The summed E-state index contributed by atoms with van der Waals surface area (Å²) in [5.41, 5.74) is 3.80. The molecule has 2 fully saturated rings. The lowest BCUT2D eigenvalue weighted by Crippen LogP contribution is -2.45. The quantitative estimate of drug-likeness (QED) is 0.351. The van der Waals surface area contributed by atoms with Crippen molar-refractivity contribution in [1.82, 2.24) is 20.1 Å². The highest BCUT2D eigenvalue weighted by Crippen LogP contribution is 2.51. The van der Waals surface area contributed by atoms with Gasteiger partial charge in [-0.1, -0.05) is 30.2 Å². The summed E-state index contributed by atoms with van der Waals surface area (Å²) in [6, 6.07) is 11.7. The molecule has 1 aromatic heterocycles. The van der Waals surface area contributed by atoms with E-state index >= 15 is 0 Å². The second-order valence-electron chi connectivity index (χ2n) is 11.2. The third kappa shape index (κ3) is 4.72. The largest absolute Gasteiger partial charge is 0.481 e. The van der Waals surface area contributed by atoms with Crippen LogP contribution in [0.1, 0.15) is 71.4 Å². The maximum absolute atomic E-state index is 13.6. The highest BCUT2D eigenvalue weighted by molar-refractivity contribution is 6.32. The van der Waals surface area contributed by atoms with Crippen LogP contribution in [0, 0.1) is 5.92 Å². The monoisotopic (exact) mass is 567 g/mol. The zero-order valence-electron chi connectivity index (χ0n) is 21.7. The second kappa shape index (κ2) is 10.2. The standard InChI is InChI=1S/C29H31Cl2N5O3/c1-35-16-33-34-28(35)29(12-20(30)13-29)19-6-3-7-21(10-19)36-15-23-22(27(36)39)8-17(9-24(23)31)14-32-25(11-26(37)38)18-4-2-5-18/h3,6-10,16,18,20,25,32H,2,4-5,11-15H2,1H3,(H,37,38)/t20?,25-,29?/m1/s1. The van der Waals surface area contributed by atoms with Crippen LogP contribution in [-0.4, -0.2) is 43.2 Å². The van der Waals surface area contributed by atoms with Gasteiger partial charge in [0, 0.05) is 46.8 Å². The first-order chi connectivity index (χ1) is 18.7. The first kappa shape index (κ1) is 26.3. The Morgan fingerprint density at radius 3 is 2.69 bits per heavy atom. The predicted octanol–water partition coefficient (Wildman–Crippen LogP) is 5.05.